The number of nitrogens with one attached hydrogen (secondary N) is 1. The van der Waals surface area contributed by atoms with Crippen LogP contribution < -0.4 is 10.1 Å². The molecule has 0 unspecified atom stereocenters. The number of hydrogen-bond donors (Lipinski definition) is 1. The van der Waals surface area contributed by atoms with E-state index in [1.807, 2.05) is 24.3 Å². The van der Waals surface area contributed by atoms with Gasteiger partial charge in [0, 0.05) is 16.0 Å². The van der Waals surface area contributed by atoms with E-state index in [4.69, 9.17) is 16.3 Å². The molecule has 0 heterocycles. The Morgan fingerprint density at radius 1 is 1.30 bits per heavy atom. The molecular weight excluding hydrogens is 342 g/mol. The number of carbonyl (C=O) groups is 1. The van der Waals surface area contributed by atoms with Crippen LogP contribution in [0.1, 0.15) is 15.9 Å². The second-order valence-corrected chi connectivity index (χ2v) is 5.41. The topological polar surface area (TPSA) is 38.3 Å². The smallest absolute Gasteiger partial charge is 0.255 e. The molecule has 2 rings (SSSR count). The molecule has 0 aliphatic rings. The van der Waals surface area contributed by atoms with E-state index in [-0.39, 0.29) is 5.91 Å². The zero-order valence-electron chi connectivity index (χ0n) is 10.8. The van der Waals surface area contributed by atoms with Crippen LogP contribution in [0.15, 0.2) is 46.9 Å². The van der Waals surface area contributed by atoms with Crippen LogP contribution in [0.3, 0.4) is 0 Å². The van der Waals surface area contributed by atoms with Crippen molar-refractivity contribution in [2.75, 3.05) is 7.11 Å². The van der Waals surface area contributed by atoms with Crippen molar-refractivity contribution < 1.29 is 9.53 Å². The highest BCUT2D eigenvalue weighted by Crippen LogP contribution is 2.23. The van der Waals surface area contributed by atoms with Crippen molar-refractivity contribution in [2.45, 2.75) is 6.54 Å². The van der Waals surface area contributed by atoms with E-state index in [1.165, 1.54) is 7.11 Å². The second kappa shape index (κ2) is 6.77. The van der Waals surface area contributed by atoms with Gasteiger partial charge in [-0.15, -0.1) is 0 Å². The fraction of sp³-hybridized carbons (Fsp3) is 0.133. The van der Waals surface area contributed by atoms with Crippen LogP contribution in [0.5, 0.6) is 5.75 Å². The molecule has 1 N–H and O–H groups in total. The van der Waals surface area contributed by atoms with Crippen LogP contribution >= 0.6 is 27.5 Å². The molecule has 0 aliphatic carbocycles. The van der Waals surface area contributed by atoms with Gasteiger partial charge < -0.3 is 10.1 Å². The monoisotopic (exact) mass is 353 g/mol. The summed E-state index contributed by atoms with van der Waals surface area (Å²) < 4.78 is 6.13. The van der Waals surface area contributed by atoms with Gasteiger partial charge in [-0.25, -0.2) is 0 Å². The largest absolute Gasteiger partial charge is 0.496 e. The van der Waals surface area contributed by atoms with Crippen molar-refractivity contribution in [1.29, 1.82) is 0 Å². The van der Waals surface area contributed by atoms with Crippen molar-refractivity contribution >= 4 is 33.4 Å². The summed E-state index contributed by atoms with van der Waals surface area (Å²) in [5, 5.41) is 3.39. The fourth-order valence-corrected chi connectivity index (χ4v) is 2.35. The number of amides is 1. The first kappa shape index (κ1) is 14.9. The van der Waals surface area contributed by atoms with Gasteiger partial charge in [0.15, 0.2) is 0 Å². The maximum absolute atomic E-state index is 12.2. The molecule has 0 saturated carbocycles. The maximum atomic E-state index is 12.2. The van der Waals surface area contributed by atoms with E-state index in [1.54, 1.807) is 18.2 Å². The van der Waals surface area contributed by atoms with E-state index in [9.17, 15) is 4.79 Å². The highest BCUT2D eigenvalue weighted by molar-refractivity contribution is 9.10. The average Bonchev–Trinajstić information content (AvgIpc) is 2.46. The summed E-state index contributed by atoms with van der Waals surface area (Å²) in [5.41, 5.74) is 1.47. The lowest BCUT2D eigenvalue weighted by Gasteiger charge is -2.10. The molecule has 104 valence electrons. The Morgan fingerprint density at radius 3 is 2.75 bits per heavy atom. The number of benzene rings is 2. The number of halogens is 2. The third-order valence-electron chi connectivity index (χ3n) is 2.81. The Hall–Kier alpha value is -1.52. The van der Waals surface area contributed by atoms with Gasteiger partial charge in [-0.2, -0.15) is 0 Å². The van der Waals surface area contributed by atoms with E-state index in [0.29, 0.717) is 22.9 Å². The zero-order chi connectivity index (χ0) is 14.5. The van der Waals surface area contributed by atoms with Crippen molar-refractivity contribution in [1.82, 2.24) is 5.32 Å². The summed E-state index contributed by atoms with van der Waals surface area (Å²) >= 11 is 9.32. The summed E-state index contributed by atoms with van der Waals surface area (Å²) in [7, 11) is 1.51. The van der Waals surface area contributed by atoms with Gasteiger partial charge in [0.1, 0.15) is 5.75 Å². The molecule has 0 bridgehead atoms. The minimum absolute atomic E-state index is 0.200. The quantitative estimate of drug-likeness (QED) is 0.900. The van der Waals surface area contributed by atoms with Crippen LogP contribution in [0, 0.1) is 0 Å². The first-order valence-electron chi connectivity index (χ1n) is 5.97. The van der Waals surface area contributed by atoms with Crippen LogP contribution in [-0.4, -0.2) is 13.0 Å². The summed E-state index contributed by atoms with van der Waals surface area (Å²) in [6.07, 6.45) is 0. The molecule has 0 aliphatic heterocycles. The lowest BCUT2D eigenvalue weighted by Crippen LogP contribution is -2.23. The highest BCUT2D eigenvalue weighted by atomic mass is 79.9. The number of rotatable bonds is 4. The number of methoxy groups -OCH3 is 1. The van der Waals surface area contributed by atoms with Gasteiger partial charge in [0.25, 0.3) is 5.91 Å². The van der Waals surface area contributed by atoms with Crippen molar-refractivity contribution in [3.05, 3.63) is 63.1 Å². The van der Waals surface area contributed by atoms with Crippen molar-refractivity contribution in [3.8, 4) is 5.75 Å². The molecule has 0 saturated heterocycles. The SMILES string of the molecule is COc1cc(Cl)ccc1C(=O)NCc1ccccc1Br. The number of ether oxygens (including phenoxy) is 1. The van der Waals surface area contributed by atoms with Gasteiger partial charge in [0.2, 0.25) is 0 Å². The summed E-state index contributed by atoms with van der Waals surface area (Å²) in [4.78, 5) is 12.2. The Balaban J connectivity index is 2.11. The third-order valence-corrected chi connectivity index (χ3v) is 3.81. The third kappa shape index (κ3) is 3.52. The fourth-order valence-electron chi connectivity index (χ4n) is 1.77. The maximum Gasteiger partial charge on any atom is 0.255 e. The molecule has 2 aromatic rings. The molecule has 0 spiro atoms. The normalized spacial score (nSPS) is 10.2. The Bertz CT molecular complexity index is 631. The van der Waals surface area contributed by atoms with E-state index < -0.39 is 0 Å². The first-order valence-corrected chi connectivity index (χ1v) is 7.14. The number of carbonyl (C=O) groups excluding carboxylic acids is 1. The molecule has 0 atom stereocenters. The minimum Gasteiger partial charge on any atom is -0.496 e. The van der Waals surface area contributed by atoms with Gasteiger partial charge in [-0.3, -0.25) is 4.79 Å². The lowest BCUT2D eigenvalue weighted by molar-refractivity contribution is 0.0948. The van der Waals surface area contributed by atoms with Crippen LogP contribution in [0.4, 0.5) is 0 Å². The molecular formula is C15H13BrClNO2. The molecule has 0 fully saturated rings. The zero-order valence-corrected chi connectivity index (χ0v) is 13.2. The van der Waals surface area contributed by atoms with Gasteiger partial charge in [0.05, 0.1) is 12.7 Å². The minimum atomic E-state index is -0.200. The molecule has 20 heavy (non-hydrogen) atoms. The van der Waals surface area contributed by atoms with Crippen molar-refractivity contribution in [3.63, 3.8) is 0 Å². The Labute approximate surface area is 131 Å². The molecule has 0 radical (unpaired) electrons. The molecule has 3 nitrogen and oxygen atoms in total. The van der Waals surface area contributed by atoms with E-state index in [2.05, 4.69) is 21.2 Å². The van der Waals surface area contributed by atoms with Gasteiger partial charge in [-0.05, 0) is 29.8 Å². The van der Waals surface area contributed by atoms with Crippen LogP contribution in [-0.2, 0) is 6.54 Å². The summed E-state index contributed by atoms with van der Waals surface area (Å²) in [5.74, 6) is 0.261. The average molecular weight is 355 g/mol. The van der Waals surface area contributed by atoms with Gasteiger partial charge in [-0.1, -0.05) is 45.7 Å². The molecule has 5 heteroatoms. The first-order chi connectivity index (χ1) is 9.61. The highest BCUT2D eigenvalue weighted by Gasteiger charge is 2.12. The molecule has 2 aromatic carbocycles. The standard InChI is InChI=1S/C15H13BrClNO2/c1-20-14-8-11(17)6-7-12(14)15(19)18-9-10-4-2-3-5-13(10)16/h2-8H,9H2,1H3,(H,18,19). The predicted molar refractivity (Wildman–Crippen MR) is 83.3 cm³/mol. The summed E-state index contributed by atoms with van der Waals surface area (Å²) in [6.45, 7) is 0.437. The van der Waals surface area contributed by atoms with Gasteiger partial charge >= 0.3 is 0 Å². The molecule has 0 aromatic heterocycles. The Kier molecular flexibility index (Phi) is 5.04. The van der Waals surface area contributed by atoms with E-state index in [0.717, 1.165) is 10.0 Å². The lowest BCUT2D eigenvalue weighted by atomic mass is 10.1. The Morgan fingerprint density at radius 2 is 2.05 bits per heavy atom. The van der Waals surface area contributed by atoms with E-state index >= 15 is 0 Å². The predicted octanol–water partition coefficient (Wildman–Crippen LogP) is 4.04. The summed E-state index contributed by atoms with van der Waals surface area (Å²) in [6, 6.07) is 12.7. The second-order valence-electron chi connectivity index (χ2n) is 4.12. The van der Waals surface area contributed by atoms with Crippen molar-refractivity contribution in [2.24, 2.45) is 0 Å². The van der Waals surface area contributed by atoms with Crippen LogP contribution in [0.25, 0.3) is 0 Å². The number of hydrogen-bond acceptors (Lipinski definition) is 2. The van der Waals surface area contributed by atoms with Crippen LogP contribution in [0.2, 0.25) is 5.02 Å². The molecule has 1 amide bonds.